The molecule has 4 rings (SSSR count). The number of β-lactam (4-membered cyclic amide) rings is 1. The quantitative estimate of drug-likeness (QED) is 0.152. The number of nitro groups is 1. The fraction of sp³-hybridized carbons (Fsp3) is 0.370. The van der Waals surface area contributed by atoms with Crippen LogP contribution in [-0.4, -0.2) is 50.5 Å². The van der Waals surface area contributed by atoms with Gasteiger partial charge in [0.05, 0.1) is 35.4 Å². The molecule has 0 radical (unpaired) electrons. The largest absolute Gasteiger partial charge is 0.612 e. The molecular formula is C27H29N3O7S. The van der Waals surface area contributed by atoms with Crippen LogP contribution in [0.4, 0.5) is 5.69 Å². The Morgan fingerprint density at radius 3 is 2.53 bits per heavy atom. The van der Waals surface area contributed by atoms with Gasteiger partial charge in [0.1, 0.15) is 12.4 Å². The van der Waals surface area contributed by atoms with Crippen molar-refractivity contribution >= 4 is 34.6 Å². The van der Waals surface area contributed by atoms with Crippen molar-refractivity contribution in [2.24, 2.45) is 11.8 Å². The number of fused-ring (bicyclic) bond motifs is 1. The summed E-state index contributed by atoms with van der Waals surface area (Å²) in [5, 5.41) is 14.0. The Balaban J connectivity index is 1.45. The molecule has 0 saturated carbocycles. The molecule has 10 nitrogen and oxygen atoms in total. The van der Waals surface area contributed by atoms with Crippen LogP contribution in [-0.2, 0) is 43.3 Å². The van der Waals surface area contributed by atoms with E-state index in [2.05, 4.69) is 5.32 Å². The Kier molecular flexibility index (Phi) is 8.48. The van der Waals surface area contributed by atoms with Crippen molar-refractivity contribution < 1.29 is 28.6 Å². The van der Waals surface area contributed by atoms with Crippen molar-refractivity contribution in [3.63, 3.8) is 0 Å². The van der Waals surface area contributed by atoms with Gasteiger partial charge < -0.3 is 14.6 Å². The van der Waals surface area contributed by atoms with Crippen LogP contribution in [0.5, 0.6) is 0 Å². The van der Waals surface area contributed by atoms with Gasteiger partial charge in [0.15, 0.2) is 10.6 Å². The first kappa shape index (κ1) is 27.3. The number of carbonyl (C=O) groups excluding carboxylic acids is 3. The third-order valence-electron chi connectivity index (χ3n) is 6.72. The zero-order valence-electron chi connectivity index (χ0n) is 21.1. The molecule has 200 valence electrons. The van der Waals surface area contributed by atoms with Crippen molar-refractivity contribution in [3.05, 3.63) is 86.4 Å². The number of rotatable bonds is 11. The molecule has 3 atom stereocenters. The van der Waals surface area contributed by atoms with Crippen LogP contribution in [0.25, 0.3) is 0 Å². The minimum absolute atomic E-state index is 0.0399. The van der Waals surface area contributed by atoms with E-state index in [0.717, 1.165) is 5.56 Å². The predicted molar refractivity (Wildman–Crippen MR) is 140 cm³/mol. The molecule has 1 saturated heterocycles. The van der Waals surface area contributed by atoms with Crippen LogP contribution in [0.15, 0.2) is 65.2 Å². The van der Waals surface area contributed by atoms with E-state index in [-0.39, 0.29) is 78.4 Å². The number of nitrogens with one attached hydrogen (secondary N) is 1. The minimum atomic E-state index is -1.65. The van der Waals surface area contributed by atoms with Crippen LogP contribution < -0.4 is 5.32 Å². The second-order valence-corrected chi connectivity index (χ2v) is 11.1. The number of nitrogens with zero attached hydrogens (tertiary/aromatic N) is 2. The molecule has 0 aromatic heterocycles. The lowest BCUT2D eigenvalue weighted by molar-refractivity contribution is -0.385. The number of nitro benzene ring substituents is 1. The van der Waals surface area contributed by atoms with E-state index < -0.39 is 22.1 Å². The van der Waals surface area contributed by atoms with Crippen molar-refractivity contribution in [1.82, 2.24) is 10.2 Å². The fourth-order valence-corrected chi connectivity index (χ4v) is 6.19. The van der Waals surface area contributed by atoms with Crippen LogP contribution in [0, 0.1) is 22.0 Å². The fourth-order valence-electron chi connectivity index (χ4n) is 4.90. The average Bonchev–Trinajstić information content (AvgIpc) is 3.22. The van der Waals surface area contributed by atoms with E-state index in [1.807, 2.05) is 44.2 Å². The van der Waals surface area contributed by atoms with Gasteiger partial charge >= 0.3 is 5.97 Å². The van der Waals surface area contributed by atoms with Gasteiger partial charge in [-0.2, -0.15) is 0 Å². The van der Waals surface area contributed by atoms with Gasteiger partial charge in [0.2, 0.25) is 11.8 Å². The molecule has 2 aromatic rings. The third kappa shape index (κ3) is 5.73. The highest BCUT2D eigenvalue weighted by Crippen LogP contribution is 2.47. The standard InChI is InChI=1S/C27H29N3O7S/c1-17(2)24-21-15-22(38(36)13-12-28-23(31)14-18-8-4-3-5-9-18)25(29(21)26(24)32)27(33)37-16-19-10-6-7-11-20(19)30(34)35/h3-11,17,21,24H,12-16H2,1-2H3,(H,28,31). The van der Waals surface area contributed by atoms with Crippen molar-refractivity contribution in [3.8, 4) is 0 Å². The van der Waals surface area contributed by atoms with Gasteiger partial charge in [-0.05, 0) is 28.7 Å². The lowest BCUT2D eigenvalue weighted by Crippen LogP contribution is -2.60. The molecule has 0 bridgehead atoms. The third-order valence-corrected chi connectivity index (χ3v) is 8.20. The Hall–Kier alpha value is -3.70. The summed E-state index contributed by atoms with van der Waals surface area (Å²) in [5.74, 6) is -1.48. The maximum absolute atomic E-state index is 13.3. The normalized spacial score (nSPS) is 19.2. The molecule has 0 spiro atoms. The van der Waals surface area contributed by atoms with Gasteiger partial charge in [0.25, 0.3) is 5.69 Å². The van der Waals surface area contributed by atoms with Gasteiger partial charge in [-0.25, -0.2) is 4.79 Å². The first-order valence-electron chi connectivity index (χ1n) is 12.3. The molecule has 11 heteroatoms. The van der Waals surface area contributed by atoms with Crippen LogP contribution in [0.2, 0.25) is 0 Å². The van der Waals surface area contributed by atoms with Crippen molar-refractivity contribution in [2.45, 2.75) is 39.3 Å². The van der Waals surface area contributed by atoms with E-state index in [9.17, 15) is 29.1 Å². The number of hydrogen-bond acceptors (Lipinski definition) is 7. The summed E-state index contributed by atoms with van der Waals surface area (Å²) in [7, 11) is 0. The monoisotopic (exact) mass is 539 g/mol. The molecule has 38 heavy (non-hydrogen) atoms. The number of para-hydroxylation sites is 1. The molecule has 2 amide bonds. The number of esters is 1. The van der Waals surface area contributed by atoms with Gasteiger partial charge in [0, 0.05) is 12.5 Å². The Bertz CT molecular complexity index is 1260. The number of ether oxygens (including phenoxy) is 1. The summed E-state index contributed by atoms with van der Waals surface area (Å²) >= 11 is -1.65. The van der Waals surface area contributed by atoms with E-state index in [1.165, 1.54) is 23.1 Å². The Morgan fingerprint density at radius 1 is 1.16 bits per heavy atom. The van der Waals surface area contributed by atoms with Crippen LogP contribution in [0.3, 0.4) is 0 Å². The molecule has 3 unspecified atom stereocenters. The minimum Gasteiger partial charge on any atom is -0.612 e. The molecule has 2 aliphatic heterocycles. The smallest absolute Gasteiger partial charge is 0.360 e. The van der Waals surface area contributed by atoms with E-state index in [0.29, 0.717) is 4.91 Å². The summed E-state index contributed by atoms with van der Waals surface area (Å²) in [6.45, 7) is 3.61. The van der Waals surface area contributed by atoms with Crippen molar-refractivity contribution in [2.75, 3.05) is 12.3 Å². The molecule has 1 N–H and O–H groups in total. The summed E-state index contributed by atoms with van der Waals surface area (Å²) in [5.41, 5.74) is 0.827. The maximum atomic E-state index is 13.3. The summed E-state index contributed by atoms with van der Waals surface area (Å²) < 4.78 is 18.7. The van der Waals surface area contributed by atoms with Crippen LogP contribution >= 0.6 is 0 Å². The van der Waals surface area contributed by atoms with E-state index in [1.54, 1.807) is 6.07 Å². The Morgan fingerprint density at radius 2 is 1.84 bits per heavy atom. The summed E-state index contributed by atoms with van der Waals surface area (Å²) in [6, 6.07) is 14.9. The predicted octanol–water partition coefficient (Wildman–Crippen LogP) is 2.84. The van der Waals surface area contributed by atoms with E-state index in [4.69, 9.17) is 4.74 Å². The number of hydrogen-bond donors (Lipinski definition) is 1. The number of carbonyl (C=O) groups is 3. The highest BCUT2D eigenvalue weighted by Gasteiger charge is 2.58. The molecule has 0 aliphatic carbocycles. The molecule has 1 fully saturated rings. The SMILES string of the molecule is CC(C)C1C(=O)N2C(C(=O)OCc3ccccc3[N+](=O)[O-])=C([S+]([O-])CCNC(=O)Cc3ccccc3)CC12. The number of amides is 2. The molecule has 2 aliphatic rings. The lowest BCUT2D eigenvalue weighted by atomic mass is 9.79. The van der Waals surface area contributed by atoms with Gasteiger partial charge in [-0.1, -0.05) is 56.3 Å². The highest BCUT2D eigenvalue weighted by atomic mass is 32.2. The molecule has 2 aromatic carbocycles. The maximum Gasteiger partial charge on any atom is 0.360 e. The summed E-state index contributed by atoms with van der Waals surface area (Å²) in [4.78, 5) is 50.7. The Labute approximate surface area is 223 Å². The second kappa shape index (κ2) is 11.8. The lowest BCUT2D eigenvalue weighted by Gasteiger charge is -2.45. The summed E-state index contributed by atoms with van der Waals surface area (Å²) in [6.07, 6.45) is 0.467. The van der Waals surface area contributed by atoms with Gasteiger partial charge in [-0.3, -0.25) is 24.6 Å². The zero-order chi connectivity index (χ0) is 27.4. The van der Waals surface area contributed by atoms with Gasteiger partial charge in [-0.15, -0.1) is 0 Å². The molecular weight excluding hydrogens is 510 g/mol. The van der Waals surface area contributed by atoms with E-state index >= 15 is 0 Å². The number of benzene rings is 2. The zero-order valence-corrected chi connectivity index (χ0v) is 21.9. The average molecular weight is 540 g/mol. The second-order valence-electron chi connectivity index (χ2n) is 9.55. The van der Waals surface area contributed by atoms with Crippen molar-refractivity contribution in [1.29, 1.82) is 0 Å². The first-order chi connectivity index (χ1) is 18.2. The highest BCUT2D eigenvalue weighted by molar-refractivity contribution is 7.95. The topological polar surface area (TPSA) is 142 Å². The van der Waals surface area contributed by atoms with Crippen LogP contribution in [0.1, 0.15) is 31.4 Å². The molecule has 2 heterocycles. The first-order valence-corrected chi connectivity index (χ1v) is 13.7.